The summed E-state index contributed by atoms with van der Waals surface area (Å²) in [4.78, 5) is 10.9. The van der Waals surface area contributed by atoms with E-state index in [0.717, 1.165) is 38.0 Å². The fourth-order valence-corrected chi connectivity index (χ4v) is 3.32. The third kappa shape index (κ3) is 4.32. The van der Waals surface area contributed by atoms with Gasteiger partial charge in [-0.2, -0.15) is 0 Å². The van der Waals surface area contributed by atoms with Gasteiger partial charge in [-0.1, -0.05) is 23.2 Å². The summed E-state index contributed by atoms with van der Waals surface area (Å²) in [7, 11) is 0. The van der Waals surface area contributed by atoms with E-state index >= 15 is 0 Å². The Labute approximate surface area is 140 Å². The lowest BCUT2D eigenvalue weighted by Crippen LogP contribution is -2.38. The minimum atomic E-state index is 0.432. The number of halogens is 2. The summed E-state index contributed by atoms with van der Waals surface area (Å²) in [5.74, 6) is 0.711. The summed E-state index contributed by atoms with van der Waals surface area (Å²) in [5.41, 5.74) is 1.16. The van der Waals surface area contributed by atoms with Crippen molar-refractivity contribution in [3.05, 3.63) is 52.3 Å². The second-order valence-corrected chi connectivity index (χ2v) is 6.42. The predicted octanol–water partition coefficient (Wildman–Crippen LogP) is 3.86. The Morgan fingerprint density at radius 1 is 1.05 bits per heavy atom. The first-order chi connectivity index (χ1) is 10.7. The molecule has 0 bridgehead atoms. The van der Waals surface area contributed by atoms with E-state index in [9.17, 15) is 0 Å². The zero-order valence-corrected chi connectivity index (χ0v) is 13.7. The third-order valence-electron chi connectivity index (χ3n) is 3.82. The average Bonchev–Trinajstić information content (AvgIpc) is 2.49. The highest BCUT2D eigenvalue weighted by Crippen LogP contribution is 2.22. The maximum absolute atomic E-state index is 6.05. The second-order valence-electron chi connectivity index (χ2n) is 5.54. The SMILES string of the molecule is Clc1cc(Cl)cc(CN2CCC(Nc3ncccn3)CC2)c1. The minimum Gasteiger partial charge on any atom is -0.351 e. The lowest BCUT2D eigenvalue weighted by atomic mass is 10.0. The van der Waals surface area contributed by atoms with Gasteiger partial charge >= 0.3 is 0 Å². The Balaban J connectivity index is 1.51. The molecule has 1 N–H and O–H groups in total. The summed E-state index contributed by atoms with van der Waals surface area (Å²) >= 11 is 12.1. The molecule has 6 heteroatoms. The van der Waals surface area contributed by atoms with Crippen molar-refractivity contribution in [2.24, 2.45) is 0 Å². The summed E-state index contributed by atoms with van der Waals surface area (Å²) in [6, 6.07) is 7.99. The van der Waals surface area contributed by atoms with Gasteiger partial charge in [0, 0.05) is 48.1 Å². The lowest BCUT2D eigenvalue weighted by molar-refractivity contribution is 0.211. The topological polar surface area (TPSA) is 41.0 Å². The molecule has 116 valence electrons. The first kappa shape index (κ1) is 15.5. The number of hydrogen-bond donors (Lipinski definition) is 1. The van der Waals surface area contributed by atoms with E-state index in [-0.39, 0.29) is 0 Å². The molecule has 1 saturated heterocycles. The van der Waals surface area contributed by atoms with Gasteiger partial charge in [0.25, 0.3) is 0 Å². The van der Waals surface area contributed by atoms with Crippen LogP contribution in [0.4, 0.5) is 5.95 Å². The largest absolute Gasteiger partial charge is 0.351 e. The smallest absolute Gasteiger partial charge is 0.222 e. The standard InChI is InChI=1S/C16H18Cl2N4/c17-13-8-12(9-14(18)10-13)11-22-6-2-15(3-7-22)21-16-19-4-1-5-20-16/h1,4-5,8-10,15H,2-3,6-7,11H2,(H,19,20,21). The first-order valence-corrected chi connectivity index (χ1v) is 8.15. The van der Waals surface area contributed by atoms with Crippen molar-refractivity contribution < 1.29 is 0 Å². The van der Waals surface area contributed by atoms with Crippen molar-refractivity contribution in [1.82, 2.24) is 14.9 Å². The van der Waals surface area contributed by atoms with Crippen LogP contribution < -0.4 is 5.32 Å². The van der Waals surface area contributed by atoms with Crippen LogP contribution in [0.25, 0.3) is 0 Å². The minimum absolute atomic E-state index is 0.432. The van der Waals surface area contributed by atoms with Gasteiger partial charge in [-0.25, -0.2) is 9.97 Å². The maximum Gasteiger partial charge on any atom is 0.222 e. The zero-order chi connectivity index (χ0) is 15.4. The monoisotopic (exact) mass is 336 g/mol. The fourth-order valence-electron chi connectivity index (χ4n) is 2.75. The van der Waals surface area contributed by atoms with Gasteiger partial charge in [0.2, 0.25) is 5.95 Å². The van der Waals surface area contributed by atoms with Crippen LogP contribution in [0.2, 0.25) is 10.0 Å². The molecule has 0 spiro atoms. The van der Waals surface area contributed by atoms with Crippen molar-refractivity contribution in [2.75, 3.05) is 18.4 Å². The molecule has 1 aromatic heterocycles. The Hall–Kier alpha value is -1.36. The maximum atomic E-state index is 6.05. The average molecular weight is 337 g/mol. The fraction of sp³-hybridized carbons (Fsp3) is 0.375. The molecule has 1 aromatic carbocycles. The van der Waals surface area contributed by atoms with Crippen molar-refractivity contribution >= 4 is 29.2 Å². The van der Waals surface area contributed by atoms with Gasteiger partial charge < -0.3 is 5.32 Å². The van der Waals surface area contributed by atoms with Crippen LogP contribution in [0.1, 0.15) is 18.4 Å². The van der Waals surface area contributed by atoms with Crippen LogP contribution in [0.5, 0.6) is 0 Å². The van der Waals surface area contributed by atoms with Crippen LogP contribution in [-0.4, -0.2) is 34.0 Å². The van der Waals surface area contributed by atoms with E-state index in [0.29, 0.717) is 22.0 Å². The van der Waals surface area contributed by atoms with Crippen molar-refractivity contribution in [3.8, 4) is 0 Å². The summed E-state index contributed by atoms with van der Waals surface area (Å²) in [5, 5.41) is 4.78. The Morgan fingerprint density at radius 3 is 2.32 bits per heavy atom. The van der Waals surface area contributed by atoms with E-state index in [1.165, 1.54) is 0 Å². The number of rotatable bonds is 4. The number of nitrogens with zero attached hydrogens (tertiary/aromatic N) is 3. The number of piperidine rings is 1. The molecule has 0 radical (unpaired) electrons. The van der Waals surface area contributed by atoms with E-state index in [1.54, 1.807) is 18.5 Å². The molecule has 0 unspecified atom stereocenters. The number of benzene rings is 1. The van der Waals surface area contributed by atoms with Crippen LogP contribution in [0.15, 0.2) is 36.7 Å². The van der Waals surface area contributed by atoms with E-state index in [1.807, 2.05) is 18.2 Å². The number of anilines is 1. The molecule has 2 heterocycles. The van der Waals surface area contributed by atoms with E-state index in [2.05, 4.69) is 20.2 Å². The van der Waals surface area contributed by atoms with Gasteiger partial charge in [0.15, 0.2) is 0 Å². The molecule has 0 atom stereocenters. The Kier molecular flexibility index (Phi) is 5.13. The molecule has 0 aliphatic carbocycles. The Bertz CT molecular complexity index is 593. The zero-order valence-electron chi connectivity index (χ0n) is 12.2. The van der Waals surface area contributed by atoms with E-state index in [4.69, 9.17) is 23.2 Å². The highest BCUT2D eigenvalue weighted by atomic mass is 35.5. The van der Waals surface area contributed by atoms with Crippen molar-refractivity contribution in [2.45, 2.75) is 25.4 Å². The van der Waals surface area contributed by atoms with Crippen LogP contribution in [0, 0.1) is 0 Å². The lowest BCUT2D eigenvalue weighted by Gasteiger charge is -2.32. The number of aromatic nitrogens is 2. The summed E-state index contributed by atoms with van der Waals surface area (Å²) < 4.78 is 0. The van der Waals surface area contributed by atoms with Gasteiger partial charge in [0.1, 0.15) is 0 Å². The van der Waals surface area contributed by atoms with Crippen LogP contribution >= 0.6 is 23.2 Å². The molecular weight excluding hydrogens is 319 g/mol. The molecule has 4 nitrogen and oxygen atoms in total. The summed E-state index contributed by atoms with van der Waals surface area (Å²) in [6.45, 7) is 2.96. The van der Waals surface area contributed by atoms with Gasteiger partial charge in [-0.3, -0.25) is 4.90 Å². The number of hydrogen-bond acceptors (Lipinski definition) is 4. The quantitative estimate of drug-likeness (QED) is 0.920. The van der Waals surface area contributed by atoms with Crippen molar-refractivity contribution in [1.29, 1.82) is 0 Å². The number of likely N-dealkylation sites (tertiary alicyclic amines) is 1. The van der Waals surface area contributed by atoms with Gasteiger partial charge in [-0.05, 0) is 42.7 Å². The Morgan fingerprint density at radius 2 is 1.68 bits per heavy atom. The predicted molar refractivity (Wildman–Crippen MR) is 90.4 cm³/mol. The molecule has 0 saturated carbocycles. The molecule has 1 fully saturated rings. The van der Waals surface area contributed by atoms with Crippen LogP contribution in [-0.2, 0) is 6.54 Å². The highest BCUT2D eigenvalue weighted by Gasteiger charge is 2.19. The molecule has 3 rings (SSSR count). The molecular formula is C16H18Cl2N4. The van der Waals surface area contributed by atoms with Crippen molar-refractivity contribution in [3.63, 3.8) is 0 Å². The van der Waals surface area contributed by atoms with E-state index < -0.39 is 0 Å². The molecule has 0 amide bonds. The third-order valence-corrected chi connectivity index (χ3v) is 4.25. The first-order valence-electron chi connectivity index (χ1n) is 7.40. The molecule has 2 aromatic rings. The molecule has 22 heavy (non-hydrogen) atoms. The highest BCUT2D eigenvalue weighted by molar-refractivity contribution is 6.34. The molecule has 1 aliphatic rings. The van der Waals surface area contributed by atoms with Crippen LogP contribution in [0.3, 0.4) is 0 Å². The van der Waals surface area contributed by atoms with Gasteiger partial charge in [-0.15, -0.1) is 0 Å². The summed E-state index contributed by atoms with van der Waals surface area (Å²) in [6.07, 6.45) is 5.67. The normalized spacial score (nSPS) is 16.6. The van der Waals surface area contributed by atoms with Gasteiger partial charge in [0.05, 0.1) is 0 Å². The molecule has 1 aliphatic heterocycles. The second kappa shape index (κ2) is 7.27. The number of nitrogens with one attached hydrogen (secondary N) is 1.